The van der Waals surface area contributed by atoms with Crippen LogP contribution in [0.25, 0.3) is 11.3 Å². The normalized spacial score (nSPS) is 10.4. The van der Waals surface area contributed by atoms with Gasteiger partial charge in [0, 0.05) is 11.1 Å². The fourth-order valence-corrected chi connectivity index (χ4v) is 2.19. The van der Waals surface area contributed by atoms with Crippen molar-refractivity contribution >= 4 is 17.3 Å². The van der Waals surface area contributed by atoms with E-state index >= 15 is 0 Å². The number of anilines is 2. The number of carbonyl (C=O) groups is 1. The molecule has 3 rings (SSSR count). The number of para-hydroxylation sites is 1. The Labute approximate surface area is 117 Å². The Morgan fingerprint density at radius 3 is 2.60 bits per heavy atom. The average molecular weight is 262 g/mol. The van der Waals surface area contributed by atoms with Gasteiger partial charge < -0.3 is 5.32 Å². The molecule has 1 aliphatic heterocycles. The van der Waals surface area contributed by atoms with Crippen LogP contribution in [0.1, 0.15) is 17.3 Å². The highest BCUT2D eigenvalue weighted by atomic mass is 16.1. The fourth-order valence-electron chi connectivity index (χ4n) is 2.19. The maximum atomic E-state index is 11.6. The zero-order valence-corrected chi connectivity index (χ0v) is 11.1. The molecule has 0 radical (unpaired) electrons. The first-order chi connectivity index (χ1) is 9.74. The van der Waals surface area contributed by atoms with Gasteiger partial charge in [-0.15, -0.1) is 0 Å². The maximum absolute atomic E-state index is 11.6. The summed E-state index contributed by atoms with van der Waals surface area (Å²) in [6.07, 6.45) is 0. The Bertz CT molecular complexity index is 706. The Morgan fingerprint density at radius 1 is 1.00 bits per heavy atom. The second kappa shape index (κ2) is 5.13. The van der Waals surface area contributed by atoms with E-state index in [-0.39, 0.29) is 5.78 Å². The van der Waals surface area contributed by atoms with Gasteiger partial charge in [-0.25, -0.2) is 4.98 Å². The van der Waals surface area contributed by atoms with Crippen molar-refractivity contribution in [1.82, 2.24) is 4.98 Å². The number of fused-ring (bicyclic) bond motifs is 1. The van der Waals surface area contributed by atoms with E-state index in [0.29, 0.717) is 5.56 Å². The van der Waals surface area contributed by atoms with Gasteiger partial charge in [-0.1, -0.05) is 36.4 Å². The molecule has 0 spiro atoms. The van der Waals surface area contributed by atoms with Gasteiger partial charge >= 0.3 is 0 Å². The number of hydrogen-bond donors (Lipinski definition) is 1. The molecule has 0 aromatic heterocycles. The van der Waals surface area contributed by atoms with E-state index in [2.05, 4.69) is 10.3 Å². The number of rotatable bonds is 3. The maximum Gasteiger partial charge on any atom is 0.161 e. The van der Waals surface area contributed by atoms with Crippen LogP contribution < -0.4 is 5.32 Å². The van der Waals surface area contributed by atoms with Crippen LogP contribution in [0.5, 0.6) is 0 Å². The average Bonchev–Trinajstić information content (AvgIpc) is 2.68. The monoisotopic (exact) mass is 262 g/mol. The Hall–Kier alpha value is -2.68. The summed E-state index contributed by atoms with van der Waals surface area (Å²) in [5.74, 6) is 0.788. The highest BCUT2D eigenvalue weighted by molar-refractivity contribution is 6.00. The zero-order valence-electron chi connectivity index (χ0n) is 11.1. The van der Waals surface area contributed by atoms with Crippen molar-refractivity contribution < 1.29 is 4.79 Å². The fraction of sp³-hybridized carbons (Fsp3) is 0.0588. The molecule has 0 amide bonds. The number of carbonyl (C=O) groups excluding carboxylic acids is 1. The van der Waals surface area contributed by atoms with Gasteiger partial charge in [0.25, 0.3) is 0 Å². The molecular formula is C17H14N2O. The number of nitrogens with zero attached hydrogens (tertiary/aromatic N) is 1. The van der Waals surface area contributed by atoms with E-state index in [4.69, 9.17) is 0 Å². The van der Waals surface area contributed by atoms with Gasteiger partial charge in [0.15, 0.2) is 5.78 Å². The van der Waals surface area contributed by atoms with E-state index in [1.807, 2.05) is 60.7 Å². The van der Waals surface area contributed by atoms with Gasteiger partial charge in [0.05, 0.1) is 11.4 Å². The van der Waals surface area contributed by atoms with Crippen LogP contribution >= 0.6 is 0 Å². The third kappa shape index (κ3) is 2.38. The van der Waals surface area contributed by atoms with E-state index in [1.54, 1.807) is 6.92 Å². The quantitative estimate of drug-likeness (QED) is 0.721. The number of nitrogens with one attached hydrogen (secondary N) is 1. The third-order valence-electron chi connectivity index (χ3n) is 3.15. The largest absolute Gasteiger partial charge is 0.340 e. The van der Waals surface area contributed by atoms with Crippen LogP contribution in [-0.4, -0.2) is 10.8 Å². The number of benzene rings is 1. The van der Waals surface area contributed by atoms with Crippen LogP contribution in [-0.2, 0) is 0 Å². The number of Topliss-reactive ketones (excluding diaryl/α,β-unsaturated/α-hetero) is 1. The van der Waals surface area contributed by atoms with Crippen LogP contribution in [0.2, 0.25) is 0 Å². The van der Waals surface area contributed by atoms with Crippen molar-refractivity contribution in [3.63, 3.8) is 0 Å². The van der Waals surface area contributed by atoms with Gasteiger partial charge in [0.1, 0.15) is 5.82 Å². The molecule has 1 N–H and O–H groups in total. The van der Waals surface area contributed by atoms with Crippen LogP contribution in [0, 0.1) is 0 Å². The molecule has 3 heteroatoms. The Morgan fingerprint density at radius 2 is 1.75 bits per heavy atom. The molecule has 0 atom stereocenters. The SMILES string of the molecule is CC(=O)c1ccccc1Nc1cc2cccccc-2n1. The van der Waals surface area contributed by atoms with E-state index < -0.39 is 0 Å². The summed E-state index contributed by atoms with van der Waals surface area (Å²) in [6.45, 7) is 1.56. The molecule has 3 nitrogen and oxygen atoms in total. The van der Waals surface area contributed by atoms with Crippen molar-refractivity contribution in [2.24, 2.45) is 0 Å². The highest BCUT2D eigenvalue weighted by Crippen LogP contribution is 2.27. The number of ketones is 1. The summed E-state index contributed by atoms with van der Waals surface area (Å²) in [6, 6.07) is 19.3. The summed E-state index contributed by atoms with van der Waals surface area (Å²) < 4.78 is 0. The lowest BCUT2D eigenvalue weighted by molar-refractivity contribution is 0.101. The molecule has 1 aromatic rings. The summed E-state index contributed by atoms with van der Waals surface area (Å²) in [5, 5.41) is 3.22. The Kier molecular flexibility index (Phi) is 3.17. The summed E-state index contributed by atoms with van der Waals surface area (Å²) in [4.78, 5) is 16.1. The molecule has 98 valence electrons. The minimum atomic E-state index is 0.0376. The first-order valence-corrected chi connectivity index (χ1v) is 6.47. The van der Waals surface area contributed by atoms with Crippen LogP contribution in [0.3, 0.4) is 0 Å². The summed E-state index contributed by atoms with van der Waals surface area (Å²) in [7, 11) is 0. The molecule has 1 aliphatic carbocycles. The van der Waals surface area contributed by atoms with E-state index in [9.17, 15) is 4.79 Å². The highest BCUT2D eigenvalue weighted by Gasteiger charge is 2.10. The van der Waals surface area contributed by atoms with Crippen LogP contribution in [0.4, 0.5) is 11.5 Å². The second-order valence-corrected chi connectivity index (χ2v) is 4.62. The molecule has 0 saturated heterocycles. The molecule has 0 saturated carbocycles. The molecule has 0 unspecified atom stereocenters. The second-order valence-electron chi connectivity index (χ2n) is 4.62. The van der Waals surface area contributed by atoms with E-state index in [0.717, 1.165) is 22.8 Å². The topological polar surface area (TPSA) is 42.0 Å². The first-order valence-electron chi connectivity index (χ1n) is 6.47. The van der Waals surface area contributed by atoms with Gasteiger partial charge in [0.2, 0.25) is 0 Å². The standard InChI is InChI=1S/C17H14N2O/c1-12(20)14-8-5-6-10-16(14)19-17-11-13-7-3-2-4-9-15(13)18-17/h2-11H,1H3,(H,18,19). The van der Waals surface area contributed by atoms with Crippen molar-refractivity contribution in [1.29, 1.82) is 0 Å². The lowest BCUT2D eigenvalue weighted by atomic mass is 10.1. The minimum absolute atomic E-state index is 0.0376. The zero-order chi connectivity index (χ0) is 13.9. The lowest BCUT2D eigenvalue weighted by Crippen LogP contribution is -1.99. The number of aromatic nitrogens is 1. The van der Waals surface area contributed by atoms with Crippen molar-refractivity contribution in [2.75, 3.05) is 5.32 Å². The minimum Gasteiger partial charge on any atom is -0.340 e. The van der Waals surface area contributed by atoms with Gasteiger partial charge in [-0.3, -0.25) is 4.79 Å². The van der Waals surface area contributed by atoms with Gasteiger partial charge in [-0.05, 0) is 31.2 Å². The van der Waals surface area contributed by atoms with Crippen LogP contribution in [0.15, 0.2) is 60.7 Å². The number of hydrogen-bond acceptors (Lipinski definition) is 3. The molecule has 0 fully saturated rings. The molecule has 20 heavy (non-hydrogen) atoms. The molecule has 2 aliphatic rings. The van der Waals surface area contributed by atoms with E-state index in [1.165, 1.54) is 0 Å². The predicted octanol–water partition coefficient (Wildman–Crippen LogP) is 4.13. The molecule has 1 heterocycles. The Balaban J connectivity index is 1.99. The molecule has 1 aromatic carbocycles. The third-order valence-corrected chi connectivity index (χ3v) is 3.15. The van der Waals surface area contributed by atoms with Crippen molar-refractivity contribution in [2.45, 2.75) is 6.92 Å². The molecule has 0 bridgehead atoms. The van der Waals surface area contributed by atoms with Crippen molar-refractivity contribution in [3.8, 4) is 11.3 Å². The van der Waals surface area contributed by atoms with Gasteiger partial charge in [-0.2, -0.15) is 0 Å². The summed E-state index contributed by atoms with van der Waals surface area (Å²) >= 11 is 0. The first kappa shape index (κ1) is 12.4. The lowest BCUT2D eigenvalue weighted by Gasteiger charge is -2.07. The van der Waals surface area contributed by atoms with Crippen molar-refractivity contribution in [3.05, 3.63) is 66.2 Å². The predicted molar refractivity (Wildman–Crippen MR) is 80.6 cm³/mol. The summed E-state index contributed by atoms with van der Waals surface area (Å²) in [5.41, 5.74) is 3.45. The smallest absolute Gasteiger partial charge is 0.161 e. The molecular weight excluding hydrogens is 248 g/mol.